The smallest absolute Gasteiger partial charge is 0.225 e. The number of anilines is 1. The molecule has 0 atom stereocenters. The molecule has 2 aromatic heterocycles. The molecule has 0 N–H and O–H groups in total. The van der Waals surface area contributed by atoms with Gasteiger partial charge in [0.15, 0.2) is 0 Å². The Morgan fingerprint density at radius 3 is 2.19 bits per heavy atom. The minimum absolute atomic E-state index is 0.0368. The van der Waals surface area contributed by atoms with Crippen LogP contribution in [0.3, 0.4) is 0 Å². The third-order valence-electron chi connectivity index (χ3n) is 9.62. The van der Waals surface area contributed by atoms with Crippen molar-refractivity contribution in [2.45, 2.75) is 37.3 Å². The quantitative estimate of drug-likeness (QED) is 0.178. The van der Waals surface area contributed by atoms with Crippen molar-refractivity contribution >= 4 is 16.6 Å². The monoisotopic (exact) mass is 624 g/mol. The molecular weight excluding hydrogens is 584 g/mol. The van der Waals surface area contributed by atoms with Gasteiger partial charge in [0.2, 0.25) is 5.88 Å². The van der Waals surface area contributed by atoms with Gasteiger partial charge < -0.3 is 19.1 Å². The van der Waals surface area contributed by atoms with Gasteiger partial charge in [-0.1, -0.05) is 91.0 Å². The Morgan fingerprint density at radius 2 is 1.49 bits per heavy atom. The summed E-state index contributed by atoms with van der Waals surface area (Å²) in [4.78, 5) is 7.27. The average molecular weight is 625 g/mol. The van der Waals surface area contributed by atoms with E-state index < -0.39 is 5.54 Å². The van der Waals surface area contributed by atoms with Crippen molar-refractivity contribution in [3.05, 3.63) is 132 Å². The molecule has 2 fully saturated rings. The number of hydrogen-bond donors (Lipinski definition) is 0. The van der Waals surface area contributed by atoms with Crippen molar-refractivity contribution in [3.63, 3.8) is 0 Å². The second-order valence-corrected chi connectivity index (χ2v) is 12.4. The number of pyridine rings is 1. The fourth-order valence-electron chi connectivity index (χ4n) is 7.31. The van der Waals surface area contributed by atoms with Crippen LogP contribution in [0.4, 0.5) is 5.69 Å². The molecular formula is C40H40N4O3. The van der Waals surface area contributed by atoms with E-state index in [2.05, 4.69) is 119 Å². The summed E-state index contributed by atoms with van der Waals surface area (Å²) in [7, 11) is 0. The minimum atomic E-state index is -0.741. The van der Waals surface area contributed by atoms with Crippen molar-refractivity contribution < 1.29 is 14.2 Å². The number of nitrogens with zero attached hydrogens (tertiary/aromatic N) is 4. The Labute approximate surface area is 276 Å². The van der Waals surface area contributed by atoms with Gasteiger partial charge in [0.25, 0.3) is 0 Å². The van der Waals surface area contributed by atoms with Crippen LogP contribution in [0.2, 0.25) is 0 Å². The van der Waals surface area contributed by atoms with Crippen molar-refractivity contribution in [2.75, 3.05) is 44.4 Å². The molecule has 0 bridgehead atoms. The van der Waals surface area contributed by atoms with Gasteiger partial charge in [-0.05, 0) is 47.7 Å². The lowest BCUT2D eigenvalue weighted by atomic mass is 9.75. The Morgan fingerprint density at radius 1 is 0.766 bits per heavy atom. The van der Waals surface area contributed by atoms with E-state index in [0.29, 0.717) is 19.1 Å². The van der Waals surface area contributed by atoms with Crippen molar-refractivity contribution in [3.8, 4) is 17.1 Å². The zero-order chi connectivity index (χ0) is 31.5. The zero-order valence-electron chi connectivity index (χ0n) is 26.6. The molecule has 47 heavy (non-hydrogen) atoms. The lowest BCUT2D eigenvalue weighted by Crippen LogP contribution is -2.39. The Bertz CT molecular complexity index is 1850. The number of rotatable bonds is 8. The topological polar surface area (TPSA) is 61.6 Å². The van der Waals surface area contributed by atoms with Crippen LogP contribution in [0, 0.1) is 0 Å². The fraction of sp³-hybridized carbons (Fsp3) is 0.300. The predicted molar refractivity (Wildman–Crippen MR) is 186 cm³/mol. The average Bonchev–Trinajstić information content (AvgIpc) is 3.55. The molecule has 8 rings (SSSR count). The summed E-state index contributed by atoms with van der Waals surface area (Å²) < 4.78 is 20.3. The molecule has 5 aromatic rings. The molecule has 0 saturated carbocycles. The summed E-state index contributed by atoms with van der Waals surface area (Å²) in [6.45, 7) is 4.58. The molecule has 3 aromatic carbocycles. The number of fused-ring (bicyclic) bond motifs is 1. The summed E-state index contributed by atoms with van der Waals surface area (Å²) in [6, 6.07) is 32.4. The van der Waals surface area contributed by atoms with E-state index >= 15 is 0 Å². The van der Waals surface area contributed by atoms with Crippen LogP contribution >= 0.6 is 0 Å². The number of ether oxygens (including phenoxy) is 3. The molecule has 0 unspecified atom stereocenters. The van der Waals surface area contributed by atoms with E-state index in [1.165, 1.54) is 11.3 Å². The first-order chi connectivity index (χ1) is 23.3. The standard InChI is InChI=1S/C40H40N4O3/c1-4-12-31(13-5-1)40(32-14-6-2-7-15-32,33-16-8-3-9-17-33)44-36-19-22-41-39(47-35-20-25-45-26-21-35)37(36)38(42-44)30-11-10-18-34(29-30)43-23-27-46-28-24-43/h1-2,4-8,10-19,22,29,35H,3,9,20-21,23-28H2. The fourth-order valence-corrected chi connectivity index (χ4v) is 7.31. The maximum atomic E-state index is 6.76. The van der Waals surface area contributed by atoms with Crippen LogP contribution in [0.5, 0.6) is 5.88 Å². The first-order valence-corrected chi connectivity index (χ1v) is 16.9. The van der Waals surface area contributed by atoms with Crippen LogP contribution in [-0.4, -0.2) is 60.4 Å². The molecule has 238 valence electrons. The van der Waals surface area contributed by atoms with Crippen LogP contribution in [0.1, 0.15) is 36.8 Å². The molecule has 0 spiro atoms. The molecule has 1 aliphatic carbocycles. The molecule has 0 radical (unpaired) electrons. The summed E-state index contributed by atoms with van der Waals surface area (Å²) in [5.74, 6) is 0.621. The van der Waals surface area contributed by atoms with Gasteiger partial charge in [0.1, 0.15) is 17.3 Å². The highest BCUT2D eigenvalue weighted by Gasteiger charge is 2.42. The van der Waals surface area contributed by atoms with Crippen LogP contribution in [0.15, 0.2) is 121 Å². The number of morpholine rings is 1. The normalized spacial score (nSPS) is 17.5. The number of hydrogen-bond acceptors (Lipinski definition) is 6. The summed E-state index contributed by atoms with van der Waals surface area (Å²) in [6.07, 6.45) is 12.5. The lowest BCUT2D eigenvalue weighted by molar-refractivity contribution is 0.0244. The van der Waals surface area contributed by atoms with Crippen molar-refractivity contribution in [1.29, 1.82) is 0 Å². The SMILES string of the molecule is C1=CC(C(c2ccccc2)(c2ccccc2)n2nc(-c3cccc(N4CCOCC4)c3)c3c(OC4CCOCC4)nccc32)=CCC1. The van der Waals surface area contributed by atoms with Gasteiger partial charge >= 0.3 is 0 Å². The van der Waals surface area contributed by atoms with Crippen LogP contribution in [0.25, 0.3) is 22.2 Å². The van der Waals surface area contributed by atoms with E-state index in [-0.39, 0.29) is 6.10 Å². The minimum Gasteiger partial charge on any atom is -0.474 e. The number of aromatic nitrogens is 3. The highest BCUT2D eigenvalue weighted by atomic mass is 16.5. The molecule has 2 aliphatic heterocycles. The van der Waals surface area contributed by atoms with E-state index in [4.69, 9.17) is 24.3 Å². The molecule has 4 heterocycles. The van der Waals surface area contributed by atoms with Crippen molar-refractivity contribution in [2.24, 2.45) is 0 Å². The highest BCUT2D eigenvalue weighted by Crippen LogP contribution is 2.47. The van der Waals surface area contributed by atoms with E-state index in [1.807, 2.05) is 6.20 Å². The summed E-state index contributed by atoms with van der Waals surface area (Å²) in [5.41, 5.74) is 6.78. The molecule has 0 amide bonds. The van der Waals surface area contributed by atoms with E-state index in [1.54, 1.807) is 0 Å². The largest absolute Gasteiger partial charge is 0.474 e. The van der Waals surface area contributed by atoms with Gasteiger partial charge in [-0.15, -0.1) is 0 Å². The van der Waals surface area contributed by atoms with Gasteiger partial charge in [-0.3, -0.25) is 0 Å². The van der Waals surface area contributed by atoms with Gasteiger partial charge in [0, 0.05) is 43.4 Å². The van der Waals surface area contributed by atoms with Crippen LogP contribution < -0.4 is 9.64 Å². The Balaban J connectivity index is 1.42. The van der Waals surface area contributed by atoms with Gasteiger partial charge in [-0.25, -0.2) is 9.67 Å². The summed E-state index contributed by atoms with van der Waals surface area (Å²) >= 11 is 0. The molecule has 3 aliphatic rings. The molecule has 2 saturated heterocycles. The third-order valence-corrected chi connectivity index (χ3v) is 9.62. The van der Waals surface area contributed by atoms with E-state index in [0.717, 1.165) is 85.3 Å². The maximum Gasteiger partial charge on any atom is 0.225 e. The first-order valence-electron chi connectivity index (χ1n) is 16.9. The van der Waals surface area contributed by atoms with Crippen molar-refractivity contribution in [1.82, 2.24) is 14.8 Å². The molecule has 7 heteroatoms. The van der Waals surface area contributed by atoms with Gasteiger partial charge in [0.05, 0.1) is 37.3 Å². The lowest BCUT2D eigenvalue weighted by Gasteiger charge is -2.38. The third kappa shape index (κ3) is 5.53. The predicted octanol–water partition coefficient (Wildman–Crippen LogP) is 7.56. The Kier molecular flexibility index (Phi) is 8.32. The number of allylic oxidation sites excluding steroid dienone is 4. The second kappa shape index (κ2) is 13.2. The molecule has 7 nitrogen and oxygen atoms in total. The van der Waals surface area contributed by atoms with Gasteiger partial charge in [-0.2, -0.15) is 5.10 Å². The van der Waals surface area contributed by atoms with E-state index in [9.17, 15) is 0 Å². The summed E-state index contributed by atoms with van der Waals surface area (Å²) in [5, 5.41) is 6.58. The highest BCUT2D eigenvalue weighted by molar-refractivity contribution is 5.98. The first kappa shape index (κ1) is 29.7. The van der Waals surface area contributed by atoms with Crippen LogP contribution in [-0.2, 0) is 15.0 Å². The Hall–Kier alpha value is -4.72. The maximum absolute atomic E-state index is 6.76. The zero-order valence-corrected chi connectivity index (χ0v) is 26.6. The number of benzene rings is 3. The second-order valence-electron chi connectivity index (χ2n) is 12.4.